The summed E-state index contributed by atoms with van der Waals surface area (Å²) >= 11 is 0. The lowest BCUT2D eigenvalue weighted by Gasteiger charge is -2.23. The molecule has 0 aromatic heterocycles. The van der Waals surface area contributed by atoms with Crippen LogP contribution in [0.1, 0.15) is 32.8 Å². The van der Waals surface area contributed by atoms with E-state index < -0.39 is 28.3 Å². The van der Waals surface area contributed by atoms with Crippen molar-refractivity contribution in [2.45, 2.75) is 39.7 Å². The van der Waals surface area contributed by atoms with Gasteiger partial charge >= 0.3 is 22.2 Å². The van der Waals surface area contributed by atoms with Crippen LogP contribution in [0.2, 0.25) is 0 Å². The fourth-order valence-corrected chi connectivity index (χ4v) is 3.54. The second-order valence-electron chi connectivity index (χ2n) is 7.30. The predicted octanol–water partition coefficient (Wildman–Crippen LogP) is 4.22. The van der Waals surface area contributed by atoms with Crippen LogP contribution in [0.15, 0.2) is 48.5 Å². The maximum Gasteiger partial charge on any atom is 0.418 e. The van der Waals surface area contributed by atoms with E-state index in [1.165, 1.54) is 17.0 Å². The molecule has 0 saturated carbocycles. The van der Waals surface area contributed by atoms with Crippen molar-refractivity contribution in [3.63, 3.8) is 0 Å². The molecule has 34 heavy (non-hydrogen) atoms. The Morgan fingerprint density at radius 3 is 1.97 bits per heavy atom. The standard InChI is InChI=1S/C24H31NO8S/c1-5-16-32-24(27)25(20-12-14-21(15-13-20)33-34(4,28)29)19-10-8-18(9-11-19)17-22(30-6-2)23(26)31-7-3/h8-15,22H,5-7,16-17H2,1-4H3. The van der Waals surface area contributed by atoms with E-state index in [-0.39, 0.29) is 19.0 Å². The lowest BCUT2D eigenvalue weighted by molar-refractivity contribution is -0.156. The van der Waals surface area contributed by atoms with Gasteiger partial charge in [-0.15, -0.1) is 0 Å². The summed E-state index contributed by atoms with van der Waals surface area (Å²) in [4.78, 5) is 26.3. The summed E-state index contributed by atoms with van der Waals surface area (Å²) in [7, 11) is -3.67. The molecule has 0 fully saturated rings. The van der Waals surface area contributed by atoms with Crippen molar-refractivity contribution in [2.75, 3.05) is 31.0 Å². The van der Waals surface area contributed by atoms with E-state index in [4.69, 9.17) is 18.4 Å². The summed E-state index contributed by atoms with van der Waals surface area (Å²) < 4.78 is 43.5. The lowest BCUT2D eigenvalue weighted by Crippen LogP contribution is -2.29. The number of rotatable bonds is 12. The van der Waals surface area contributed by atoms with Gasteiger partial charge in [-0.2, -0.15) is 8.42 Å². The molecule has 0 aliphatic carbocycles. The molecule has 2 rings (SSSR count). The zero-order chi connectivity index (χ0) is 25.1. The van der Waals surface area contributed by atoms with Crippen molar-refractivity contribution in [3.8, 4) is 5.75 Å². The molecule has 9 nitrogen and oxygen atoms in total. The molecule has 0 aliphatic heterocycles. The van der Waals surface area contributed by atoms with Crippen LogP contribution in [0.5, 0.6) is 5.75 Å². The van der Waals surface area contributed by atoms with Gasteiger partial charge < -0.3 is 18.4 Å². The summed E-state index contributed by atoms with van der Waals surface area (Å²) in [5.41, 5.74) is 1.83. The second-order valence-corrected chi connectivity index (χ2v) is 8.87. The van der Waals surface area contributed by atoms with Crippen LogP contribution in [0.25, 0.3) is 0 Å². The van der Waals surface area contributed by atoms with Gasteiger partial charge in [-0.3, -0.25) is 0 Å². The first-order valence-electron chi connectivity index (χ1n) is 11.0. The molecular weight excluding hydrogens is 462 g/mol. The van der Waals surface area contributed by atoms with Crippen LogP contribution in [0.3, 0.4) is 0 Å². The normalized spacial score (nSPS) is 12.0. The number of nitrogens with zero attached hydrogens (tertiary/aromatic N) is 1. The zero-order valence-electron chi connectivity index (χ0n) is 19.9. The summed E-state index contributed by atoms with van der Waals surface area (Å²) in [5, 5.41) is 0. The Labute approximate surface area is 200 Å². The summed E-state index contributed by atoms with van der Waals surface area (Å²) in [6, 6.07) is 13.1. The number of hydrogen-bond acceptors (Lipinski definition) is 8. The topological polar surface area (TPSA) is 108 Å². The molecule has 186 valence electrons. The Bertz CT molecular complexity index is 1040. The second kappa shape index (κ2) is 13.0. The molecule has 2 aromatic carbocycles. The van der Waals surface area contributed by atoms with Gasteiger partial charge in [0.2, 0.25) is 0 Å². The van der Waals surface area contributed by atoms with Crippen LogP contribution >= 0.6 is 0 Å². The molecule has 0 radical (unpaired) electrons. The first-order chi connectivity index (χ1) is 16.2. The Morgan fingerprint density at radius 2 is 1.47 bits per heavy atom. The number of anilines is 2. The van der Waals surface area contributed by atoms with E-state index in [0.717, 1.165) is 11.8 Å². The molecule has 10 heteroatoms. The predicted molar refractivity (Wildman–Crippen MR) is 128 cm³/mol. The Hall–Kier alpha value is -3.11. The van der Waals surface area contributed by atoms with Crippen LogP contribution in [-0.2, 0) is 35.5 Å². The smallest absolute Gasteiger partial charge is 0.418 e. The lowest BCUT2D eigenvalue weighted by atomic mass is 10.1. The highest BCUT2D eigenvalue weighted by atomic mass is 32.2. The zero-order valence-corrected chi connectivity index (χ0v) is 20.7. The Kier molecular flexibility index (Phi) is 10.3. The third-order valence-corrected chi connectivity index (χ3v) is 4.98. The molecule has 0 spiro atoms. The maximum absolute atomic E-state index is 12.8. The first-order valence-corrected chi connectivity index (χ1v) is 12.8. The molecule has 0 aliphatic rings. The number of amides is 1. The molecule has 1 amide bonds. The van der Waals surface area contributed by atoms with Crippen LogP contribution in [0, 0.1) is 0 Å². The molecule has 0 N–H and O–H groups in total. The van der Waals surface area contributed by atoms with E-state index in [9.17, 15) is 18.0 Å². The Balaban J connectivity index is 2.29. The van der Waals surface area contributed by atoms with Gasteiger partial charge in [0, 0.05) is 13.0 Å². The molecule has 0 bridgehead atoms. The quantitative estimate of drug-likeness (QED) is 0.319. The van der Waals surface area contributed by atoms with Gasteiger partial charge in [0.1, 0.15) is 5.75 Å². The minimum absolute atomic E-state index is 0.129. The number of carbonyl (C=O) groups is 2. The van der Waals surface area contributed by atoms with Gasteiger partial charge in [-0.1, -0.05) is 19.1 Å². The van der Waals surface area contributed by atoms with E-state index in [1.807, 2.05) is 6.92 Å². The average Bonchev–Trinajstić information content (AvgIpc) is 2.79. The van der Waals surface area contributed by atoms with Crippen LogP contribution in [-0.4, -0.2) is 52.7 Å². The van der Waals surface area contributed by atoms with Crippen LogP contribution < -0.4 is 9.08 Å². The summed E-state index contributed by atoms with van der Waals surface area (Å²) in [6.07, 6.45) is 0.639. The first kappa shape index (κ1) is 27.1. The number of carbonyl (C=O) groups excluding carboxylic acids is 2. The van der Waals surface area contributed by atoms with Gasteiger partial charge in [-0.25, -0.2) is 14.5 Å². The average molecular weight is 494 g/mol. The minimum Gasteiger partial charge on any atom is -0.464 e. The largest absolute Gasteiger partial charge is 0.464 e. The highest BCUT2D eigenvalue weighted by Crippen LogP contribution is 2.29. The fraction of sp³-hybridized carbons (Fsp3) is 0.417. The van der Waals surface area contributed by atoms with Crippen molar-refractivity contribution in [2.24, 2.45) is 0 Å². The van der Waals surface area contributed by atoms with Gasteiger partial charge in [-0.05, 0) is 62.2 Å². The number of benzene rings is 2. The highest BCUT2D eigenvalue weighted by molar-refractivity contribution is 7.86. The summed E-state index contributed by atoms with van der Waals surface area (Å²) in [6.45, 7) is 6.32. The van der Waals surface area contributed by atoms with Gasteiger partial charge in [0.25, 0.3) is 0 Å². The minimum atomic E-state index is -3.67. The third kappa shape index (κ3) is 8.35. The van der Waals surface area contributed by atoms with Crippen molar-refractivity contribution >= 4 is 33.6 Å². The Morgan fingerprint density at radius 1 is 0.882 bits per heavy atom. The van der Waals surface area contributed by atoms with Gasteiger partial charge in [0.05, 0.1) is 30.8 Å². The fourth-order valence-electron chi connectivity index (χ4n) is 3.08. The van der Waals surface area contributed by atoms with Crippen molar-refractivity contribution in [1.82, 2.24) is 0 Å². The number of hydrogen-bond donors (Lipinski definition) is 0. The molecule has 0 heterocycles. The summed E-state index contributed by atoms with van der Waals surface area (Å²) in [5.74, 6) is -0.293. The SMILES string of the molecule is CCCOC(=O)N(c1ccc(CC(OCC)C(=O)OCC)cc1)c1ccc(OS(C)(=O)=O)cc1. The van der Waals surface area contributed by atoms with Crippen molar-refractivity contribution in [3.05, 3.63) is 54.1 Å². The highest BCUT2D eigenvalue weighted by Gasteiger charge is 2.22. The van der Waals surface area contributed by atoms with Crippen molar-refractivity contribution in [1.29, 1.82) is 0 Å². The monoisotopic (exact) mass is 493 g/mol. The number of ether oxygens (including phenoxy) is 3. The van der Waals surface area contributed by atoms with Crippen LogP contribution in [0.4, 0.5) is 16.2 Å². The van der Waals surface area contributed by atoms with E-state index in [0.29, 0.717) is 30.8 Å². The van der Waals surface area contributed by atoms with E-state index in [1.54, 1.807) is 50.2 Å². The number of esters is 1. The molecule has 0 saturated heterocycles. The molecular formula is C24H31NO8S. The van der Waals surface area contributed by atoms with E-state index in [2.05, 4.69) is 0 Å². The molecule has 2 aromatic rings. The molecule has 1 atom stereocenters. The van der Waals surface area contributed by atoms with E-state index >= 15 is 0 Å². The maximum atomic E-state index is 12.8. The third-order valence-electron chi connectivity index (χ3n) is 4.49. The van der Waals surface area contributed by atoms with Gasteiger partial charge in [0.15, 0.2) is 6.10 Å². The van der Waals surface area contributed by atoms with Crippen molar-refractivity contribution < 1.29 is 36.4 Å². The molecule has 1 unspecified atom stereocenters.